The third-order valence-corrected chi connectivity index (χ3v) is 5.15. The summed E-state index contributed by atoms with van der Waals surface area (Å²) in [7, 11) is 0. The molecule has 4 rings (SSSR count). The van der Waals surface area contributed by atoms with E-state index in [-0.39, 0.29) is 48.5 Å². The SMILES string of the molecule is CC(C)NC(=O)CCn1c(=O)c2ccccc2n2c(=O)n(Cc3cccc(Cl)c3)nc12. The highest BCUT2D eigenvalue weighted by Crippen LogP contribution is 2.13. The standard InChI is InChI=1S/C22H22ClN5O3/c1-14(2)24-19(29)10-11-26-20(30)17-8-3-4-9-18(17)28-21(26)25-27(22(28)31)13-15-6-5-7-16(23)12-15/h3-9,12,14H,10-11,13H2,1-2H3,(H,24,29). The number of carbonyl (C=O) groups is 1. The van der Waals surface area contributed by atoms with Crippen LogP contribution in [-0.4, -0.2) is 30.7 Å². The van der Waals surface area contributed by atoms with Crippen molar-refractivity contribution in [2.45, 2.75) is 39.4 Å². The summed E-state index contributed by atoms with van der Waals surface area (Å²) in [6.45, 7) is 4.06. The molecule has 8 nitrogen and oxygen atoms in total. The molecule has 0 unspecified atom stereocenters. The Balaban J connectivity index is 1.86. The molecule has 1 amide bonds. The topological polar surface area (TPSA) is 90.4 Å². The van der Waals surface area contributed by atoms with Crippen molar-refractivity contribution in [3.05, 3.63) is 80.0 Å². The molecule has 0 spiro atoms. The van der Waals surface area contributed by atoms with Crippen molar-refractivity contribution in [1.29, 1.82) is 0 Å². The van der Waals surface area contributed by atoms with Crippen LogP contribution in [-0.2, 0) is 17.9 Å². The van der Waals surface area contributed by atoms with Gasteiger partial charge in [-0.05, 0) is 43.7 Å². The maximum Gasteiger partial charge on any atom is 0.352 e. The van der Waals surface area contributed by atoms with E-state index in [1.165, 1.54) is 13.6 Å². The second-order valence-electron chi connectivity index (χ2n) is 7.65. The first kappa shape index (κ1) is 20.9. The monoisotopic (exact) mass is 439 g/mol. The number of aryl methyl sites for hydroxylation is 1. The number of carbonyl (C=O) groups excluding carboxylic acids is 1. The molecular formula is C22H22ClN5O3. The Morgan fingerprint density at radius 2 is 1.90 bits per heavy atom. The van der Waals surface area contributed by atoms with Gasteiger partial charge in [0.15, 0.2) is 0 Å². The fraction of sp³-hybridized carbons (Fsp3) is 0.273. The van der Waals surface area contributed by atoms with E-state index < -0.39 is 0 Å². The number of nitrogens with one attached hydrogen (secondary N) is 1. The third-order valence-electron chi connectivity index (χ3n) is 4.92. The predicted octanol–water partition coefficient (Wildman–Crippen LogP) is 2.43. The van der Waals surface area contributed by atoms with Crippen LogP contribution in [0.3, 0.4) is 0 Å². The zero-order chi connectivity index (χ0) is 22.1. The van der Waals surface area contributed by atoms with Crippen molar-refractivity contribution in [3.8, 4) is 0 Å². The van der Waals surface area contributed by atoms with Crippen LogP contribution >= 0.6 is 11.6 Å². The normalized spacial score (nSPS) is 11.5. The van der Waals surface area contributed by atoms with Gasteiger partial charge in [-0.1, -0.05) is 35.9 Å². The summed E-state index contributed by atoms with van der Waals surface area (Å²) in [5.74, 6) is 0.0296. The van der Waals surface area contributed by atoms with Crippen LogP contribution in [0.4, 0.5) is 0 Å². The van der Waals surface area contributed by atoms with Crippen LogP contribution < -0.4 is 16.6 Å². The van der Waals surface area contributed by atoms with E-state index in [0.29, 0.717) is 15.9 Å². The maximum absolute atomic E-state index is 13.2. The Bertz CT molecular complexity index is 1400. The highest BCUT2D eigenvalue weighted by atomic mass is 35.5. The van der Waals surface area contributed by atoms with Crippen molar-refractivity contribution in [1.82, 2.24) is 24.1 Å². The molecule has 2 aromatic heterocycles. The molecule has 0 bridgehead atoms. The van der Waals surface area contributed by atoms with Gasteiger partial charge in [-0.15, -0.1) is 5.10 Å². The first-order valence-corrected chi connectivity index (χ1v) is 10.4. The van der Waals surface area contributed by atoms with E-state index in [0.717, 1.165) is 5.56 Å². The van der Waals surface area contributed by atoms with Gasteiger partial charge >= 0.3 is 5.69 Å². The lowest BCUT2D eigenvalue weighted by Gasteiger charge is -2.11. The Hall–Kier alpha value is -3.39. The number of hydrogen-bond acceptors (Lipinski definition) is 4. The van der Waals surface area contributed by atoms with Crippen LogP contribution in [0.5, 0.6) is 0 Å². The van der Waals surface area contributed by atoms with Crippen molar-refractivity contribution in [2.24, 2.45) is 0 Å². The van der Waals surface area contributed by atoms with E-state index in [1.807, 2.05) is 19.9 Å². The molecule has 0 atom stereocenters. The van der Waals surface area contributed by atoms with Crippen molar-refractivity contribution in [3.63, 3.8) is 0 Å². The molecule has 1 N–H and O–H groups in total. The van der Waals surface area contributed by atoms with E-state index >= 15 is 0 Å². The maximum atomic E-state index is 13.2. The Morgan fingerprint density at radius 1 is 1.13 bits per heavy atom. The van der Waals surface area contributed by atoms with Crippen LogP contribution in [0.25, 0.3) is 16.7 Å². The Kier molecular flexibility index (Phi) is 5.65. The van der Waals surface area contributed by atoms with Crippen molar-refractivity contribution in [2.75, 3.05) is 0 Å². The number of amides is 1. The summed E-state index contributed by atoms with van der Waals surface area (Å²) in [5.41, 5.74) is 0.632. The molecule has 0 saturated heterocycles. The van der Waals surface area contributed by atoms with Gasteiger partial charge in [-0.2, -0.15) is 0 Å². The van der Waals surface area contributed by atoms with Crippen molar-refractivity contribution < 1.29 is 4.79 Å². The number of halogens is 1. The largest absolute Gasteiger partial charge is 0.354 e. The van der Waals surface area contributed by atoms with Gasteiger partial charge in [0, 0.05) is 24.0 Å². The zero-order valence-corrected chi connectivity index (χ0v) is 18.0. The molecule has 0 fully saturated rings. The molecular weight excluding hydrogens is 418 g/mol. The van der Waals surface area contributed by atoms with E-state index in [9.17, 15) is 14.4 Å². The number of benzene rings is 2. The van der Waals surface area contributed by atoms with Crippen molar-refractivity contribution >= 4 is 34.2 Å². The molecule has 0 aliphatic rings. The lowest BCUT2D eigenvalue weighted by Crippen LogP contribution is -2.32. The molecule has 0 saturated carbocycles. The van der Waals surface area contributed by atoms with E-state index in [1.54, 1.807) is 42.5 Å². The minimum Gasteiger partial charge on any atom is -0.354 e. The average Bonchev–Trinajstić information content (AvgIpc) is 3.03. The Labute approximate surface area is 182 Å². The quantitative estimate of drug-likeness (QED) is 0.499. The first-order chi connectivity index (χ1) is 14.8. The summed E-state index contributed by atoms with van der Waals surface area (Å²) in [5, 5.41) is 8.21. The van der Waals surface area contributed by atoms with Gasteiger partial charge < -0.3 is 5.32 Å². The van der Waals surface area contributed by atoms with Gasteiger partial charge in [0.05, 0.1) is 17.4 Å². The smallest absolute Gasteiger partial charge is 0.352 e. The second kappa shape index (κ2) is 8.39. The van der Waals surface area contributed by atoms with Gasteiger partial charge in [0.2, 0.25) is 11.7 Å². The lowest BCUT2D eigenvalue weighted by molar-refractivity contribution is -0.121. The minimum absolute atomic E-state index is 0.000341. The third kappa shape index (κ3) is 4.11. The first-order valence-electron chi connectivity index (χ1n) is 10.00. The summed E-state index contributed by atoms with van der Waals surface area (Å²) < 4.78 is 4.11. The van der Waals surface area contributed by atoms with Crippen LogP contribution in [0.15, 0.2) is 58.1 Å². The van der Waals surface area contributed by atoms with E-state index in [4.69, 9.17) is 11.6 Å². The van der Waals surface area contributed by atoms with Gasteiger partial charge in [0.1, 0.15) is 0 Å². The van der Waals surface area contributed by atoms with Gasteiger partial charge in [-0.25, -0.2) is 13.9 Å². The number of hydrogen-bond donors (Lipinski definition) is 1. The second-order valence-corrected chi connectivity index (χ2v) is 8.09. The summed E-state index contributed by atoms with van der Waals surface area (Å²) >= 11 is 6.06. The molecule has 4 aromatic rings. The number of para-hydroxylation sites is 1. The van der Waals surface area contributed by atoms with Crippen LogP contribution in [0, 0.1) is 0 Å². The summed E-state index contributed by atoms with van der Waals surface area (Å²) in [6.07, 6.45) is 0.0986. The Morgan fingerprint density at radius 3 is 2.65 bits per heavy atom. The number of aromatic nitrogens is 4. The molecule has 0 aliphatic carbocycles. The van der Waals surface area contributed by atoms with Gasteiger partial charge in [0.25, 0.3) is 5.56 Å². The molecule has 160 valence electrons. The zero-order valence-electron chi connectivity index (χ0n) is 17.2. The number of nitrogens with zero attached hydrogens (tertiary/aromatic N) is 4. The molecule has 2 aromatic carbocycles. The summed E-state index contributed by atoms with van der Waals surface area (Å²) in [4.78, 5) is 38.5. The fourth-order valence-corrected chi connectivity index (χ4v) is 3.80. The molecule has 2 heterocycles. The highest BCUT2D eigenvalue weighted by Gasteiger charge is 2.18. The number of rotatable bonds is 6. The lowest BCUT2D eigenvalue weighted by atomic mass is 10.2. The molecule has 0 aliphatic heterocycles. The minimum atomic E-state index is -0.369. The molecule has 31 heavy (non-hydrogen) atoms. The molecule has 9 heteroatoms. The van der Waals surface area contributed by atoms with Gasteiger partial charge in [-0.3, -0.25) is 14.2 Å². The van der Waals surface area contributed by atoms with Crippen LogP contribution in [0.1, 0.15) is 25.8 Å². The summed E-state index contributed by atoms with van der Waals surface area (Å²) in [6, 6.07) is 14.1. The fourth-order valence-electron chi connectivity index (χ4n) is 3.59. The predicted molar refractivity (Wildman–Crippen MR) is 120 cm³/mol. The number of fused-ring (bicyclic) bond motifs is 3. The molecule has 0 radical (unpaired) electrons. The van der Waals surface area contributed by atoms with Crippen LogP contribution in [0.2, 0.25) is 5.02 Å². The highest BCUT2D eigenvalue weighted by molar-refractivity contribution is 6.30. The van der Waals surface area contributed by atoms with E-state index in [2.05, 4.69) is 10.4 Å². The average molecular weight is 440 g/mol.